The predicted molar refractivity (Wildman–Crippen MR) is 80.3 cm³/mol. The summed E-state index contributed by atoms with van der Waals surface area (Å²) in [6, 6.07) is 9.18. The van der Waals surface area contributed by atoms with Gasteiger partial charge in [-0.3, -0.25) is 0 Å². The summed E-state index contributed by atoms with van der Waals surface area (Å²) < 4.78 is 5.57. The SMILES string of the molecule is CNC(C)c1ccc(SCCOCC(C)C)cc1. The van der Waals surface area contributed by atoms with E-state index >= 15 is 0 Å². The number of rotatable bonds is 8. The third-order valence-electron chi connectivity index (χ3n) is 2.76. The largest absolute Gasteiger partial charge is 0.380 e. The van der Waals surface area contributed by atoms with E-state index in [0.717, 1.165) is 19.0 Å². The first-order valence-electron chi connectivity index (χ1n) is 6.61. The first-order chi connectivity index (χ1) is 8.63. The van der Waals surface area contributed by atoms with Crippen molar-refractivity contribution in [2.45, 2.75) is 31.7 Å². The lowest BCUT2D eigenvalue weighted by Crippen LogP contribution is -2.11. The molecule has 1 unspecified atom stereocenters. The molecular formula is C15H25NOS. The Labute approximate surface area is 116 Å². The van der Waals surface area contributed by atoms with Crippen LogP contribution in [0.3, 0.4) is 0 Å². The van der Waals surface area contributed by atoms with E-state index in [9.17, 15) is 0 Å². The molecule has 1 rings (SSSR count). The molecule has 0 aliphatic carbocycles. The maximum absolute atomic E-state index is 5.57. The fourth-order valence-corrected chi connectivity index (χ4v) is 2.32. The molecule has 0 aromatic heterocycles. The van der Waals surface area contributed by atoms with Crippen molar-refractivity contribution >= 4 is 11.8 Å². The van der Waals surface area contributed by atoms with E-state index in [-0.39, 0.29) is 0 Å². The monoisotopic (exact) mass is 267 g/mol. The Morgan fingerprint density at radius 2 is 1.83 bits per heavy atom. The summed E-state index contributed by atoms with van der Waals surface area (Å²) in [7, 11) is 1.99. The highest BCUT2D eigenvalue weighted by atomic mass is 32.2. The van der Waals surface area contributed by atoms with Gasteiger partial charge in [0.25, 0.3) is 0 Å². The standard InChI is InChI=1S/C15H25NOS/c1-12(2)11-17-9-10-18-15-7-5-14(6-8-15)13(3)16-4/h5-8,12-13,16H,9-11H2,1-4H3. The lowest BCUT2D eigenvalue weighted by molar-refractivity contribution is 0.124. The molecule has 0 radical (unpaired) electrons. The number of hydrogen-bond acceptors (Lipinski definition) is 3. The zero-order chi connectivity index (χ0) is 13.4. The Morgan fingerprint density at radius 1 is 1.17 bits per heavy atom. The van der Waals surface area contributed by atoms with Crippen molar-refractivity contribution in [1.29, 1.82) is 0 Å². The fourth-order valence-electron chi connectivity index (χ4n) is 1.56. The van der Waals surface area contributed by atoms with Gasteiger partial charge in [-0.2, -0.15) is 0 Å². The zero-order valence-corrected chi connectivity index (χ0v) is 12.7. The van der Waals surface area contributed by atoms with Crippen LogP contribution in [0.4, 0.5) is 0 Å². The summed E-state index contributed by atoms with van der Waals surface area (Å²) in [4.78, 5) is 1.32. The second-order valence-corrected chi connectivity index (χ2v) is 6.06. The van der Waals surface area contributed by atoms with Crippen LogP contribution in [0.1, 0.15) is 32.4 Å². The van der Waals surface area contributed by atoms with Crippen molar-refractivity contribution in [3.63, 3.8) is 0 Å². The van der Waals surface area contributed by atoms with Crippen molar-refractivity contribution in [2.24, 2.45) is 5.92 Å². The quantitative estimate of drug-likeness (QED) is 0.573. The average molecular weight is 267 g/mol. The molecule has 1 atom stereocenters. The van der Waals surface area contributed by atoms with E-state index in [4.69, 9.17) is 4.74 Å². The van der Waals surface area contributed by atoms with Gasteiger partial charge in [-0.1, -0.05) is 26.0 Å². The van der Waals surface area contributed by atoms with Gasteiger partial charge in [-0.05, 0) is 37.6 Å². The topological polar surface area (TPSA) is 21.3 Å². The molecule has 1 aromatic rings. The minimum Gasteiger partial charge on any atom is -0.380 e. The summed E-state index contributed by atoms with van der Waals surface area (Å²) in [5, 5.41) is 3.24. The van der Waals surface area contributed by atoms with Crippen molar-refractivity contribution < 1.29 is 4.74 Å². The molecule has 0 fully saturated rings. The molecule has 0 spiro atoms. The molecule has 0 bridgehead atoms. The summed E-state index contributed by atoms with van der Waals surface area (Å²) >= 11 is 1.85. The van der Waals surface area contributed by atoms with Crippen LogP contribution in [0.25, 0.3) is 0 Å². The third-order valence-corrected chi connectivity index (χ3v) is 3.74. The van der Waals surface area contributed by atoms with E-state index in [0.29, 0.717) is 12.0 Å². The molecule has 1 aromatic carbocycles. The maximum Gasteiger partial charge on any atom is 0.0560 e. The van der Waals surface area contributed by atoms with Crippen LogP contribution in [0.5, 0.6) is 0 Å². The van der Waals surface area contributed by atoms with E-state index in [1.165, 1.54) is 10.5 Å². The van der Waals surface area contributed by atoms with E-state index < -0.39 is 0 Å². The molecule has 1 N–H and O–H groups in total. The number of hydrogen-bond donors (Lipinski definition) is 1. The van der Waals surface area contributed by atoms with Gasteiger partial charge in [-0.25, -0.2) is 0 Å². The predicted octanol–water partition coefficient (Wildman–Crippen LogP) is 3.73. The fraction of sp³-hybridized carbons (Fsp3) is 0.600. The van der Waals surface area contributed by atoms with Crippen LogP contribution in [-0.4, -0.2) is 26.0 Å². The average Bonchev–Trinajstić information content (AvgIpc) is 2.38. The highest BCUT2D eigenvalue weighted by molar-refractivity contribution is 7.99. The first kappa shape index (κ1) is 15.5. The van der Waals surface area contributed by atoms with Crippen LogP contribution in [-0.2, 0) is 4.74 Å². The molecule has 102 valence electrons. The molecule has 0 saturated heterocycles. The maximum atomic E-state index is 5.57. The normalized spacial score (nSPS) is 12.9. The van der Waals surface area contributed by atoms with Crippen LogP contribution in [0.15, 0.2) is 29.2 Å². The van der Waals surface area contributed by atoms with E-state index in [1.807, 2.05) is 18.8 Å². The molecule has 18 heavy (non-hydrogen) atoms. The smallest absolute Gasteiger partial charge is 0.0560 e. The van der Waals surface area contributed by atoms with Gasteiger partial charge in [0, 0.05) is 23.3 Å². The lowest BCUT2D eigenvalue weighted by atomic mass is 10.1. The van der Waals surface area contributed by atoms with Gasteiger partial charge in [0.2, 0.25) is 0 Å². The Hall–Kier alpha value is -0.510. The van der Waals surface area contributed by atoms with Crippen LogP contribution in [0, 0.1) is 5.92 Å². The van der Waals surface area contributed by atoms with Gasteiger partial charge in [-0.15, -0.1) is 11.8 Å². The summed E-state index contributed by atoms with van der Waals surface area (Å²) in [6.45, 7) is 8.21. The molecule has 0 aliphatic heterocycles. The van der Waals surface area contributed by atoms with Gasteiger partial charge >= 0.3 is 0 Å². The Balaban J connectivity index is 2.27. The highest BCUT2D eigenvalue weighted by Gasteiger charge is 2.02. The summed E-state index contributed by atoms with van der Waals surface area (Å²) in [6.07, 6.45) is 0. The van der Waals surface area contributed by atoms with Gasteiger partial charge in [0.05, 0.1) is 6.61 Å². The van der Waals surface area contributed by atoms with Crippen molar-refractivity contribution in [2.75, 3.05) is 26.0 Å². The van der Waals surface area contributed by atoms with Gasteiger partial charge < -0.3 is 10.1 Å². The van der Waals surface area contributed by atoms with Gasteiger partial charge in [0.15, 0.2) is 0 Å². The van der Waals surface area contributed by atoms with Crippen LogP contribution < -0.4 is 5.32 Å². The first-order valence-corrected chi connectivity index (χ1v) is 7.59. The van der Waals surface area contributed by atoms with E-state index in [1.54, 1.807) is 0 Å². The number of benzene rings is 1. The molecule has 0 saturated carbocycles. The molecule has 2 nitrogen and oxygen atoms in total. The second kappa shape index (κ2) is 8.57. The van der Waals surface area contributed by atoms with Gasteiger partial charge in [0.1, 0.15) is 0 Å². The van der Waals surface area contributed by atoms with E-state index in [2.05, 4.69) is 50.4 Å². The molecule has 3 heteroatoms. The Kier molecular flexibility index (Phi) is 7.40. The second-order valence-electron chi connectivity index (χ2n) is 4.90. The molecular weight excluding hydrogens is 242 g/mol. The highest BCUT2D eigenvalue weighted by Crippen LogP contribution is 2.20. The summed E-state index contributed by atoms with van der Waals surface area (Å²) in [5.74, 6) is 1.64. The van der Waals surface area contributed by atoms with Crippen LogP contribution in [0.2, 0.25) is 0 Å². The molecule has 0 aliphatic rings. The number of ether oxygens (including phenoxy) is 1. The Morgan fingerprint density at radius 3 is 2.39 bits per heavy atom. The summed E-state index contributed by atoms with van der Waals surface area (Å²) in [5.41, 5.74) is 1.33. The van der Waals surface area contributed by atoms with Crippen molar-refractivity contribution in [3.05, 3.63) is 29.8 Å². The van der Waals surface area contributed by atoms with Crippen molar-refractivity contribution in [3.8, 4) is 0 Å². The minimum atomic E-state index is 0.415. The number of thioether (sulfide) groups is 1. The molecule has 0 heterocycles. The zero-order valence-electron chi connectivity index (χ0n) is 11.9. The van der Waals surface area contributed by atoms with Crippen molar-refractivity contribution in [1.82, 2.24) is 5.32 Å². The number of nitrogens with one attached hydrogen (secondary N) is 1. The molecule has 0 amide bonds. The Bertz CT molecular complexity index is 324. The lowest BCUT2D eigenvalue weighted by Gasteiger charge is -2.11. The van der Waals surface area contributed by atoms with Crippen LogP contribution >= 0.6 is 11.8 Å². The minimum absolute atomic E-state index is 0.415. The third kappa shape index (κ3) is 5.89.